The van der Waals surface area contributed by atoms with Crippen molar-refractivity contribution in [1.29, 1.82) is 0 Å². The smallest absolute Gasteiger partial charge is 0.0957 e. The van der Waals surface area contributed by atoms with Crippen molar-refractivity contribution in [3.05, 3.63) is 35.4 Å². The van der Waals surface area contributed by atoms with Gasteiger partial charge >= 0.3 is 0 Å². The minimum absolute atomic E-state index is 0.169. The van der Waals surface area contributed by atoms with Crippen LogP contribution in [0.3, 0.4) is 0 Å². The fourth-order valence-corrected chi connectivity index (χ4v) is 3.36. The highest BCUT2D eigenvalue weighted by molar-refractivity contribution is 5.29. The SMILES string of the molecule is CC(C)(C)c1ccc(C(O)C2CN3CCN2CC3)cc1. The molecular weight excluding hydrogens is 248 g/mol. The summed E-state index contributed by atoms with van der Waals surface area (Å²) in [6.45, 7) is 12.2. The molecule has 0 spiro atoms. The number of aliphatic hydroxyl groups is 1. The predicted octanol–water partition coefficient (Wildman–Crippen LogP) is 2.02. The van der Waals surface area contributed by atoms with Crippen LogP contribution < -0.4 is 0 Å². The van der Waals surface area contributed by atoms with E-state index < -0.39 is 0 Å². The van der Waals surface area contributed by atoms with E-state index in [0.29, 0.717) is 0 Å². The number of aliphatic hydroxyl groups excluding tert-OH is 1. The molecular formula is C17H26N2O. The lowest BCUT2D eigenvalue weighted by Gasteiger charge is -2.49. The Hall–Kier alpha value is -0.900. The molecule has 110 valence electrons. The van der Waals surface area contributed by atoms with Gasteiger partial charge in [-0.3, -0.25) is 9.80 Å². The van der Waals surface area contributed by atoms with Crippen molar-refractivity contribution < 1.29 is 5.11 Å². The van der Waals surface area contributed by atoms with Gasteiger partial charge in [0.2, 0.25) is 0 Å². The Morgan fingerprint density at radius 2 is 1.65 bits per heavy atom. The normalized spacial score (nSPS) is 31.3. The molecule has 3 aliphatic heterocycles. The van der Waals surface area contributed by atoms with Gasteiger partial charge in [0.15, 0.2) is 0 Å². The zero-order valence-electron chi connectivity index (χ0n) is 12.8. The van der Waals surface area contributed by atoms with Crippen LogP contribution in [0, 0.1) is 0 Å². The van der Waals surface area contributed by atoms with E-state index in [9.17, 15) is 5.11 Å². The quantitative estimate of drug-likeness (QED) is 0.894. The maximum absolute atomic E-state index is 10.7. The monoisotopic (exact) mass is 274 g/mol. The Morgan fingerprint density at radius 3 is 2.10 bits per heavy atom. The Morgan fingerprint density at radius 1 is 1.05 bits per heavy atom. The van der Waals surface area contributed by atoms with Crippen molar-refractivity contribution in [2.45, 2.75) is 38.3 Å². The van der Waals surface area contributed by atoms with Crippen molar-refractivity contribution in [2.75, 3.05) is 32.7 Å². The molecule has 1 aromatic carbocycles. The summed E-state index contributed by atoms with van der Waals surface area (Å²) in [5.41, 5.74) is 2.54. The van der Waals surface area contributed by atoms with Crippen LogP contribution in [0.2, 0.25) is 0 Å². The van der Waals surface area contributed by atoms with Crippen molar-refractivity contribution in [2.24, 2.45) is 0 Å². The highest BCUT2D eigenvalue weighted by atomic mass is 16.3. The fraction of sp³-hybridized carbons (Fsp3) is 0.647. The predicted molar refractivity (Wildman–Crippen MR) is 81.9 cm³/mol. The maximum Gasteiger partial charge on any atom is 0.0957 e. The van der Waals surface area contributed by atoms with E-state index in [0.717, 1.165) is 38.3 Å². The summed E-state index contributed by atoms with van der Waals surface area (Å²) in [5.74, 6) is 0. The van der Waals surface area contributed by atoms with E-state index >= 15 is 0 Å². The van der Waals surface area contributed by atoms with E-state index in [1.807, 2.05) is 0 Å². The Balaban J connectivity index is 1.75. The van der Waals surface area contributed by atoms with Gasteiger partial charge in [0, 0.05) is 32.7 Å². The van der Waals surface area contributed by atoms with Crippen molar-refractivity contribution in [3.8, 4) is 0 Å². The molecule has 3 aliphatic rings. The van der Waals surface area contributed by atoms with Gasteiger partial charge in [0.05, 0.1) is 12.1 Å². The van der Waals surface area contributed by atoms with Gasteiger partial charge in [-0.2, -0.15) is 0 Å². The summed E-state index contributed by atoms with van der Waals surface area (Å²) < 4.78 is 0. The van der Waals surface area contributed by atoms with Crippen LogP contribution in [0.15, 0.2) is 24.3 Å². The third-order valence-corrected chi connectivity index (χ3v) is 4.80. The minimum Gasteiger partial charge on any atom is -0.387 e. The highest BCUT2D eigenvalue weighted by Crippen LogP contribution is 2.29. The number of benzene rings is 1. The topological polar surface area (TPSA) is 26.7 Å². The van der Waals surface area contributed by atoms with Gasteiger partial charge in [0.1, 0.15) is 0 Å². The minimum atomic E-state index is -0.368. The first kappa shape index (κ1) is 14.1. The molecule has 0 aromatic heterocycles. The summed E-state index contributed by atoms with van der Waals surface area (Å²) in [5, 5.41) is 10.7. The number of hydrogen-bond donors (Lipinski definition) is 1. The van der Waals surface area contributed by atoms with Gasteiger partial charge in [0.25, 0.3) is 0 Å². The molecule has 1 N–H and O–H groups in total. The number of piperazine rings is 3. The Labute approximate surface area is 122 Å². The summed E-state index contributed by atoms with van der Waals surface area (Å²) in [6.07, 6.45) is -0.368. The standard InChI is InChI=1S/C17H26N2O/c1-17(2,3)14-6-4-13(5-7-14)16(20)15-12-18-8-10-19(15)11-9-18/h4-7,15-16,20H,8-12H2,1-3H3. The Kier molecular flexibility index (Phi) is 3.61. The second kappa shape index (κ2) is 5.14. The molecule has 3 heteroatoms. The summed E-state index contributed by atoms with van der Waals surface area (Å²) in [6, 6.07) is 8.79. The first-order valence-corrected chi connectivity index (χ1v) is 7.70. The first-order valence-electron chi connectivity index (χ1n) is 7.70. The van der Waals surface area contributed by atoms with E-state index in [4.69, 9.17) is 0 Å². The lowest BCUT2D eigenvalue weighted by molar-refractivity contribution is -0.0470. The summed E-state index contributed by atoms with van der Waals surface area (Å²) >= 11 is 0. The molecule has 3 nitrogen and oxygen atoms in total. The largest absolute Gasteiger partial charge is 0.387 e. The summed E-state index contributed by atoms with van der Waals surface area (Å²) in [7, 11) is 0. The second-order valence-electron chi connectivity index (χ2n) is 7.22. The number of fused-ring (bicyclic) bond motifs is 3. The van der Waals surface area contributed by atoms with E-state index in [1.165, 1.54) is 5.56 Å². The Bertz CT molecular complexity index is 455. The van der Waals surface area contributed by atoms with E-state index in [1.54, 1.807) is 0 Å². The van der Waals surface area contributed by atoms with Crippen LogP contribution in [-0.2, 0) is 5.41 Å². The third kappa shape index (κ3) is 2.62. The van der Waals surface area contributed by atoms with Crippen molar-refractivity contribution in [1.82, 2.24) is 9.80 Å². The molecule has 0 radical (unpaired) electrons. The molecule has 0 saturated carbocycles. The molecule has 0 aliphatic carbocycles. The molecule has 0 amide bonds. The fourth-order valence-electron chi connectivity index (χ4n) is 3.36. The van der Waals surface area contributed by atoms with Crippen LogP contribution in [0.4, 0.5) is 0 Å². The lowest BCUT2D eigenvalue weighted by Crippen LogP contribution is -2.62. The van der Waals surface area contributed by atoms with Crippen LogP contribution in [0.1, 0.15) is 38.0 Å². The van der Waals surface area contributed by atoms with Gasteiger partial charge < -0.3 is 5.11 Å². The van der Waals surface area contributed by atoms with Gasteiger partial charge in [-0.05, 0) is 16.5 Å². The second-order valence-corrected chi connectivity index (χ2v) is 7.22. The van der Waals surface area contributed by atoms with Gasteiger partial charge in [-0.1, -0.05) is 45.0 Å². The molecule has 2 bridgehead atoms. The van der Waals surface area contributed by atoms with Gasteiger partial charge in [-0.25, -0.2) is 0 Å². The first-order chi connectivity index (χ1) is 9.45. The average Bonchev–Trinajstić information content (AvgIpc) is 2.47. The molecule has 3 fully saturated rings. The van der Waals surface area contributed by atoms with E-state index in [-0.39, 0.29) is 17.6 Å². The lowest BCUT2D eigenvalue weighted by atomic mass is 9.86. The zero-order valence-corrected chi connectivity index (χ0v) is 12.8. The maximum atomic E-state index is 10.7. The van der Waals surface area contributed by atoms with Crippen molar-refractivity contribution in [3.63, 3.8) is 0 Å². The van der Waals surface area contributed by atoms with Crippen LogP contribution in [0.5, 0.6) is 0 Å². The van der Waals surface area contributed by atoms with Crippen LogP contribution >= 0.6 is 0 Å². The average molecular weight is 274 g/mol. The number of rotatable bonds is 2. The van der Waals surface area contributed by atoms with Crippen LogP contribution in [-0.4, -0.2) is 53.7 Å². The molecule has 2 unspecified atom stereocenters. The molecule has 1 aromatic rings. The number of nitrogens with zero attached hydrogens (tertiary/aromatic N) is 2. The van der Waals surface area contributed by atoms with E-state index in [2.05, 4.69) is 54.8 Å². The molecule has 4 rings (SSSR count). The van der Waals surface area contributed by atoms with Gasteiger partial charge in [-0.15, -0.1) is 0 Å². The van der Waals surface area contributed by atoms with Crippen molar-refractivity contribution >= 4 is 0 Å². The number of hydrogen-bond acceptors (Lipinski definition) is 3. The molecule has 3 heterocycles. The third-order valence-electron chi connectivity index (χ3n) is 4.80. The molecule has 20 heavy (non-hydrogen) atoms. The highest BCUT2D eigenvalue weighted by Gasteiger charge is 2.36. The molecule has 3 saturated heterocycles. The summed E-state index contributed by atoms with van der Waals surface area (Å²) in [4.78, 5) is 4.92. The molecule has 2 atom stereocenters. The van der Waals surface area contributed by atoms with Crippen LogP contribution in [0.25, 0.3) is 0 Å². The zero-order chi connectivity index (χ0) is 14.3.